The van der Waals surface area contributed by atoms with Gasteiger partial charge < -0.3 is 18.9 Å². The minimum atomic E-state index is -0.359. The van der Waals surface area contributed by atoms with Crippen molar-refractivity contribution in [2.75, 3.05) is 13.2 Å². The van der Waals surface area contributed by atoms with Crippen LogP contribution in [0.5, 0.6) is 17.2 Å². The molecule has 134 valence electrons. The smallest absolute Gasteiger partial charge is 0.160 e. The van der Waals surface area contributed by atoms with Gasteiger partial charge in [0.15, 0.2) is 6.29 Å². The van der Waals surface area contributed by atoms with Crippen LogP contribution in [0.3, 0.4) is 0 Å². The lowest BCUT2D eigenvalue weighted by atomic mass is 10.2. The summed E-state index contributed by atoms with van der Waals surface area (Å²) in [5.41, 5.74) is 0. The summed E-state index contributed by atoms with van der Waals surface area (Å²) in [6, 6.07) is 11.0. The van der Waals surface area contributed by atoms with Gasteiger partial charge >= 0.3 is 0 Å². The van der Waals surface area contributed by atoms with Crippen LogP contribution in [-0.4, -0.2) is 25.6 Å². The predicted octanol–water partition coefficient (Wildman–Crippen LogP) is 5.05. The summed E-state index contributed by atoms with van der Waals surface area (Å²) in [6.45, 7) is 4.94. The quantitative estimate of drug-likeness (QED) is 0.717. The van der Waals surface area contributed by atoms with E-state index < -0.39 is 0 Å². The molecular weight excluding hydrogens is 347 g/mol. The van der Waals surface area contributed by atoms with Crippen LogP contribution in [0.25, 0.3) is 0 Å². The van der Waals surface area contributed by atoms with Crippen LogP contribution in [0.15, 0.2) is 42.5 Å². The predicted molar refractivity (Wildman–Crippen MR) is 92.9 cm³/mol. The van der Waals surface area contributed by atoms with Crippen molar-refractivity contribution < 1.29 is 23.3 Å². The monoisotopic (exact) mass is 366 g/mol. The third-order valence-corrected chi connectivity index (χ3v) is 3.97. The van der Waals surface area contributed by atoms with Gasteiger partial charge in [0.1, 0.15) is 35.8 Å². The van der Waals surface area contributed by atoms with Gasteiger partial charge in [0.2, 0.25) is 0 Å². The lowest BCUT2D eigenvalue weighted by Crippen LogP contribution is -2.22. The van der Waals surface area contributed by atoms with E-state index in [0.29, 0.717) is 41.4 Å². The average molecular weight is 367 g/mol. The molecule has 6 heteroatoms. The lowest BCUT2D eigenvalue weighted by Gasteiger charge is -2.15. The summed E-state index contributed by atoms with van der Waals surface area (Å²) in [6.07, 6.45) is -0.308. The molecule has 2 aromatic rings. The highest BCUT2D eigenvalue weighted by Gasteiger charge is 2.28. The number of hydrogen-bond acceptors (Lipinski definition) is 4. The van der Waals surface area contributed by atoms with E-state index in [-0.39, 0.29) is 18.2 Å². The van der Waals surface area contributed by atoms with E-state index >= 15 is 0 Å². The van der Waals surface area contributed by atoms with Crippen molar-refractivity contribution in [3.63, 3.8) is 0 Å². The van der Waals surface area contributed by atoms with Gasteiger partial charge in [-0.25, -0.2) is 4.39 Å². The molecule has 2 unspecified atom stereocenters. The highest BCUT2D eigenvalue weighted by Crippen LogP contribution is 2.32. The Morgan fingerprint density at radius 2 is 2.00 bits per heavy atom. The number of halogens is 2. The molecule has 1 aliphatic heterocycles. The Bertz CT molecular complexity index is 722. The van der Waals surface area contributed by atoms with Gasteiger partial charge in [0.25, 0.3) is 0 Å². The van der Waals surface area contributed by atoms with Gasteiger partial charge in [-0.2, -0.15) is 0 Å². The second-order valence-electron chi connectivity index (χ2n) is 6.17. The molecule has 2 aromatic carbocycles. The zero-order valence-electron chi connectivity index (χ0n) is 14.1. The largest absolute Gasteiger partial charge is 0.489 e. The Hall–Kier alpha value is -1.82. The lowest BCUT2D eigenvalue weighted by molar-refractivity contribution is -0.0914. The van der Waals surface area contributed by atoms with Crippen molar-refractivity contribution >= 4 is 11.6 Å². The second kappa shape index (κ2) is 8.04. The normalized spacial score (nSPS) is 20.0. The van der Waals surface area contributed by atoms with Crippen molar-refractivity contribution in [1.82, 2.24) is 0 Å². The van der Waals surface area contributed by atoms with E-state index in [2.05, 4.69) is 0 Å². The number of ether oxygens (including phenoxy) is 4. The average Bonchev–Trinajstić information content (AvgIpc) is 3.03. The minimum absolute atomic E-state index is 0.119. The molecule has 1 saturated heterocycles. The Balaban J connectivity index is 1.57. The fourth-order valence-corrected chi connectivity index (χ4v) is 2.64. The zero-order valence-corrected chi connectivity index (χ0v) is 14.8. The summed E-state index contributed by atoms with van der Waals surface area (Å²) >= 11 is 6.24. The van der Waals surface area contributed by atoms with E-state index in [1.165, 1.54) is 12.1 Å². The molecule has 4 nitrogen and oxygen atoms in total. The highest BCUT2D eigenvalue weighted by molar-refractivity contribution is 6.32. The van der Waals surface area contributed by atoms with E-state index in [1.807, 2.05) is 13.8 Å². The maximum Gasteiger partial charge on any atom is 0.160 e. The van der Waals surface area contributed by atoms with Gasteiger partial charge in [-0.15, -0.1) is 0 Å². The Morgan fingerprint density at radius 1 is 1.20 bits per heavy atom. The number of benzene rings is 2. The minimum Gasteiger partial charge on any atom is -0.489 e. The van der Waals surface area contributed by atoms with Crippen molar-refractivity contribution in [3.05, 3.63) is 53.3 Å². The second-order valence-corrected chi connectivity index (χ2v) is 6.57. The standard InChI is InChI=1S/C19H20ClFO4/c1-12(2)19-23-11-16(25-19)10-22-18-7-6-15(9-17(18)20)24-14-5-3-4-13(21)8-14/h3-9,12,16,19H,10-11H2,1-2H3. The fourth-order valence-electron chi connectivity index (χ4n) is 2.42. The van der Waals surface area contributed by atoms with Crippen LogP contribution >= 0.6 is 11.6 Å². The first-order valence-electron chi connectivity index (χ1n) is 8.14. The van der Waals surface area contributed by atoms with E-state index in [1.54, 1.807) is 30.3 Å². The number of hydrogen-bond donors (Lipinski definition) is 0. The maximum absolute atomic E-state index is 13.2. The summed E-state index contributed by atoms with van der Waals surface area (Å²) in [5, 5.41) is 0.410. The molecule has 0 amide bonds. The molecule has 0 radical (unpaired) electrons. The van der Waals surface area contributed by atoms with Crippen molar-refractivity contribution in [2.24, 2.45) is 5.92 Å². The summed E-state index contributed by atoms with van der Waals surface area (Å²) < 4.78 is 35.8. The molecular formula is C19H20ClFO4. The first-order chi connectivity index (χ1) is 12.0. The van der Waals surface area contributed by atoms with E-state index in [0.717, 1.165) is 0 Å². The molecule has 2 atom stereocenters. The maximum atomic E-state index is 13.2. The van der Waals surface area contributed by atoms with Crippen LogP contribution in [-0.2, 0) is 9.47 Å². The Labute approximate surface area is 151 Å². The van der Waals surface area contributed by atoms with Crippen LogP contribution in [0.1, 0.15) is 13.8 Å². The van der Waals surface area contributed by atoms with Gasteiger partial charge in [0.05, 0.1) is 11.6 Å². The number of rotatable bonds is 6. The van der Waals surface area contributed by atoms with Crippen LogP contribution in [0.4, 0.5) is 4.39 Å². The summed E-state index contributed by atoms with van der Waals surface area (Å²) in [5.74, 6) is 1.38. The third-order valence-electron chi connectivity index (χ3n) is 3.68. The zero-order chi connectivity index (χ0) is 17.8. The first kappa shape index (κ1) is 18.0. The molecule has 1 heterocycles. The SMILES string of the molecule is CC(C)C1OCC(COc2ccc(Oc3cccc(F)c3)cc2Cl)O1. The van der Waals surface area contributed by atoms with Crippen LogP contribution in [0, 0.1) is 11.7 Å². The first-order valence-corrected chi connectivity index (χ1v) is 8.52. The molecule has 0 bridgehead atoms. The highest BCUT2D eigenvalue weighted by atomic mass is 35.5. The van der Waals surface area contributed by atoms with Gasteiger partial charge in [0, 0.05) is 18.1 Å². The molecule has 1 fully saturated rings. The van der Waals surface area contributed by atoms with E-state index in [4.69, 9.17) is 30.5 Å². The van der Waals surface area contributed by atoms with Crippen LogP contribution in [0.2, 0.25) is 5.02 Å². The van der Waals surface area contributed by atoms with Gasteiger partial charge in [-0.05, 0) is 24.3 Å². The summed E-state index contributed by atoms with van der Waals surface area (Å²) in [4.78, 5) is 0. The van der Waals surface area contributed by atoms with Crippen molar-refractivity contribution in [3.8, 4) is 17.2 Å². The molecule has 0 aliphatic carbocycles. The van der Waals surface area contributed by atoms with Crippen LogP contribution < -0.4 is 9.47 Å². The van der Waals surface area contributed by atoms with Gasteiger partial charge in [-0.3, -0.25) is 0 Å². The van der Waals surface area contributed by atoms with Gasteiger partial charge in [-0.1, -0.05) is 31.5 Å². The third kappa shape index (κ3) is 4.84. The molecule has 0 N–H and O–H groups in total. The van der Waals surface area contributed by atoms with Crippen molar-refractivity contribution in [1.29, 1.82) is 0 Å². The molecule has 3 rings (SSSR count). The molecule has 25 heavy (non-hydrogen) atoms. The molecule has 0 spiro atoms. The van der Waals surface area contributed by atoms with Crippen molar-refractivity contribution in [2.45, 2.75) is 26.2 Å². The Morgan fingerprint density at radius 3 is 2.68 bits per heavy atom. The molecule has 0 saturated carbocycles. The fraction of sp³-hybridized carbons (Fsp3) is 0.368. The Kier molecular flexibility index (Phi) is 5.78. The van der Waals surface area contributed by atoms with E-state index in [9.17, 15) is 4.39 Å². The molecule has 1 aliphatic rings. The summed E-state index contributed by atoms with van der Waals surface area (Å²) in [7, 11) is 0. The molecule has 0 aromatic heterocycles. The topological polar surface area (TPSA) is 36.9 Å².